The molecule has 0 N–H and O–H groups in total. The Morgan fingerprint density at radius 2 is 1.32 bits per heavy atom. The van der Waals surface area contributed by atoms with Crippen LogP contribution in [0.25, 0.3) is 22.3 Å². The lowest BCUT2D eigenvalue weighted by Gasteiger charge is -2.41. The Bertz CT molecular complexity index is 1560. The summed E-state index contributed by atoms with van der Waals surface area (Å²) in [6, 6.07) is 31.2. The zero-order chi connectivity index (χ0) is 23.0. The van der Waals surface area contributed by atoms with Crippen molar-refractivity contribution in [1.29, 1.82) is 0 Å². The Morgan fingerprint density at radius 3 is 2.06 bits per heavy atom. The molecule has 3 aliphatic carbocycles. The van der Waals surface area contributed by atoms with E-state index in [-0.39, 0.29) is 11.2 Å². The molecule has 0 unspecified atom stereocenters. The van der Waals surface area contributed by atoms with Crippen LogP contribution in [0.4, 0.5) is 17.2 Å². The van der Waals surface area contributed by atoms with Crippen molar-refractivity contribution in [3.8, 4) is 22.3 Å². The van der Waals surface area contributed by atoms with Gasteiger partial charge in [-0.3, -0.25) is 9.69 Å². The molecule has 3 aromatic rings. The third-order valence-corrected chi connectivity index (χ3v) is 7.43. The number of hydrogen-bond acceptors (Lipinski definition) is 3. The van der Waals surface area contributed by atoms with E-state index in [2.05, 4.69) is 79.4 Å². The topological polar surface area (TPSA) is 33.2 Å². The molecule has 0 amide bonds. The number of para-hydroxylation sites is 2. The second-order valence-electron chi connectivity index (χ2n) is 9.59. The fourth-order valence-electron chi connectivity index (χ4n) is 5.84. The maximum atomic E-state index is 13.6. The van der Waals surface area contributed by atoms with Crippen LogP contribution in [0.1, 0.15) is 40.9 Å². The van der Waals surface area contributed by atoms with E-state index in [1.807, 2.05) is 30.3 Å². The molecule has 2 aromatic carbocycles. The lowest BCUT2D eigenvalue weighted by Crippen LogP contribution is -2.31. The Balaban J connectivity index is 1.56. The van der Waals surface area contributed by atoms with Gasteiger partial charge in [-0.25, -0.2) is 4.98 Å². The molecule has 34 heavy (non-hydrogen) atoms. The maximum Gasteiger partial charge on any atom is 0.195 e. The molecular weight excluding hydrogens is 416 g/mol. The van der Waals surface area contributed by atoms with Crippen molar-refractivity contribution in [3.05, 3.63) is 119 Å². The smallest absolute Gasteiger partial charge is 0.195 e. The van der Waals surface area contributed by atoms with Crippen molar-refractivity contribution in [2.24, 2.45) is 0 Å². The fourth-order valence-corrected chi connectivity index (χ4v) is 5.84. The van der Waals surface area contributed by atoms with Crippen LogP contribution in [-0.4, -0.2) is 10.8 Å². The number of ketones is 1. The molecule has 0 bridgehead atoms. The third kappa shape index (κ3) is 2.36. The molecular formula is C31H22N2O. The van der Waals surface area contributed by atoms with Gasteiger partial charge < -0.3 is 0 Å². The molecule has 3 heteroatoms. The van der Waals surface area contributed by atoms with Crippen molar-refractivity contribution >= 4 is 23.0 Å². The minimum atomic E-state index is -0.146. The quantitative estimate of drug-likeness (QED) is 0.266. The molecule has 0 saturated carbocycles. The minimum absolute atomic E-state index is 0.0776. The predicted molar refractivity (Wildman–Crippen MR) is 137 cm³/mol. The first-order valence-electron chi connectivity index (χ1n) is 11.6. The predicted octanol–water partition coefficient (Wildman–Crippen LogP) is 7.51. The summed E-state index contributed by atoms with van der Waals surface area (Å²) < 4.78 is 0. The number of rotatable bonds is 1. The van der Waals surface area contributed by atoms with E-state index in [0.717, 1.165) is 50.6 Å². The number of pyridine rings is 1. The molecule has 1 aromatic heterocycles. The van der Waals surface area contributed by atoms with Crippen LogP contribution >= 0.6 is 0 Å². The Labute approximate surface area is 198 Å². The molecule has 7 rings (SSSR count). The molecule has 2 heterocycles. The Kier molecular flexibility index (Phi) is 3.76. The molecule has 4 aliphatic rings. The lowest BCUT2D eigenvalue weighted by atomic mass is 9.73. The number of benzene rings is 2. The standard InChI is InChI=1S/C31H22N2O/c1-31(2)23-12-6-8-14-25(23)33(26-15-9-7-13-24(26)31)30-28-21(16-17-32-30)29(34)27-20-11-5-3-4-10-19(20)18-22(27)28/h3-18H,1-2H3. The van der Waals surface area contributed by atoms with E-state index in [9.17, 15) is 4.79 Å². The van der Waals surface area contributed by atoms with Gasteiger partial charge in [-0.05, 0) is 52.1 Å². The summed E-state index contributed by atoms with van der Waals surface area (Å²) in [7, 11) is 0. The lowest BCUT2D eigenvalue weighted by molar-refractivity contribution is 0.104. The summed E-state index contributed by atoms with van der Waals surface area (Å²) >= 11 is 0. The minimum Gasteiger partial charge on any atom is -0.294 e. The number of carbonyl (C=O) groups is 1. The van der Waals surface area contributed by atoms with Gasteiger partial charge in [-0.15, -0.1) is 0 Å². The van der Waals surface area contributed by atoms with Crippen molar-refractivity contribution in [3.63, 3.8) is 0 Å². The molecule has 0 radical (unpaired) electrons. The van der Waals surface area contributed by atoms with Gasteiger partial charge in [0.25, 0.3) is 0 Å². The van der Waals surface area contributed by atoms with Gasteiger partial charge in [0, 0.05) is 28.3 Å². The summed E-state index contributed by atoms with van der Waals surface area (Å²) in [5.74, 6) is 0.883. The molecule has 0 atom stereocenters. The normalized spacial score (nSPS) is 15.0. The molecule has 3 nitrogen and oxygen atoms in total. The first-order valence-corrected chi connectivity index (χ1v) is 11.6. The average Bonchev–Trinajstić information content (AvgIpc) is 3.24. The van der Waals surface area contributed by atoms with Crippen molar-refractivity contribution in [1.82, 2.24) is 4.98 Å². The molecule has 0 spiro atoms. The summed E-state index contributed by atoms with van der Waals surface area (Å²) in [4.78, 5) is 20.8. The Morgan fingerprint density at radius 1 is 0.676 bits per heavy atom. The molecule has 0 saturated heterocycles. The largest absolute Gasteiger partial charge is 0.294 e. The van der Waals surface area contributed by atoms with Crippen molar-refractivity contribution < 1.29 is 4.79 Å². The van der Waals surface area contributed by atoms with Crippen LogP contribution in [0.15, 0.2) is 97.2 Å². The highest BCUT2D eigenvalue weighted by molar-refractivity contribution is 6.27. The van der Waals surface area contributed by atoms with Crippen LogP contribution < -0.4 is 4.90 Å². The monoisotopic (exact) mass is 438 g/mol. The van der Waals surface area contributed by atoms with Crippen LogP contribution in [0.3, 0.4) is 0 Å². The van der Waals surface area contributed by atoms with Gasteiger partial charge in [0.15, 0.2) is 5.78 Å². The maximum absolute atomic E-state index is 13.6. The van der Waals surface area contributed by atoms with Gasteiger partial charge in [0.05, 0.1) is 11.4 Å². The second-order valence-corrected chi connectivity index (χ2v) is 9.59. The van der Waals surface area contributed by atoms with Gasteiger partial charge in [0.2, 0.25) is 0 Å². The van der Waals surface area contributed by atoms with Crippen LogP contribution in [-0.2, 0) is 5.41 Å². The summed E-state index contributed by atoms with van der Waals surface area (Å²) in [5.41, 5.74) is 10.0. The number of anilines is 3. The number of hydrogen-bond donors (Lipinski definition) is 0. The molecule has 162 valence electrons. The number of carbonyl (C=O) groups excluding carboxylic acids is 1. The van der Waals surface area contributed by atoms with E-state index in [4.69, 9.17) is 4.98 Å². The van der Waals surface area contributed by atoms with Gasteiger partial charge in [0.1, 0.15) is 5.82 Å². The van der Waals surface area contributed by atoms with Gasteiger partial charge >= 0.3 is 0 Å². The van der Waals surface area contributed by atoms with E-state index < -0.39 is 0 Å². The van der Waals surface area contributed by atoms with Crippen molar-refractivity contribution in [2.45, 2.75) is 19.3 Å². The summed E-state index contributed by atoms with van der Waals surface area (Å²) in [5, 5.41) is 0. The number of fused-ring (bicyclic) bond motifs is 7. The van der Waals surface area contributed by atoms with E-state index >= 15 is 0 Å². The Hall–Kier alpha value is -4.24. The second kappa shape index (κ2) is 6.64. The number of aromatic nitrogens is 1. The average molecular weight is 439 g/mol. The highest BCUT2D eigenvalue weighted by atomic mass is 16.1. The van der Waals surface area contributed by atoms with Crippen LogP contribution in [0, 0.1) is 0 Å². The fraction of sp³-hybridized carbons (Fsp3) is 0.0968. The zero-order valence-corrected chi connectivity index (χ0v) is 19.0. The molecule has 0 fully saturated rings. The van der Waals surface area contributed by atoms with Gasteiger partial charge in [-0.2, -0.15) is 0 Å². The first-order chi connectivity index (χ1) is 16.6. The van der Waals surface area contributed by atoms with E-state index in [0.29, 0.717) is 0 Å². The van der Waals surface area contributed by atoms with Gasteiger partial charge in [-0.1, -0.05) is 80.6 Å². The van der Waals surface area contributed by atoms with E-state index in [1.165, 1.54) is 11.1 Å². The highest BCUT2D eigenvalue weighted by Gasteiger charge is 2.40. The summed E-state index contributed by atoms with van der Waals surface area (Å²) in [6.45, 7) is 4.55. The van der Waals surface area contributed by atoms with Crippen LogP contribution in [0.5, 0.6) is 0 Å². The summed E-state index contributed by atoms with van der Waals surface area (Å²) in [6.07, 6.45) is 1.77. The number of nitrogens with zero attached hydrogens (tertiary/aromatic N) is 2. The van der Waals surface area contributed by atoms with Crippen LogP contribution in [0.2, 0.25) is 0 Å². The van der Waals surface area contributed by atoms with E-state index in [1.54, 1.807) is 6.20 Å². The third-order valence-electron chi connectivity index (χ3n) is 7.43. The SMILES string of the molecule is CC1(C)c2ccccc2N(c2nccc3c2-c2cc4cccccc-4c2C3=O)c2ccccc21. The van der Waals surface area contributed by atoms with Crippen molar-refractivity contribution in [2.75, 3.05) is 4.90 Å². The molecule has 1 aliphatic heterocycles. The first kappa shape index (κ1) is 19.2. The highest BCUT2D eigenvalue weighted by Crippen LogP contribution is 2.55. The zero-order valence-electron chi connectivity index (χ0n) is 19.0.